The first-order valence-corrected chi connectivity index (χ1v) is 6.05. The number of amides is 2. The summed E-state index contributed by atoms with van der Waals surface area (Å²) in [5.74, 6) is -0.977. The topological polar surface area (TPSA) is 72.2 Å². The van der Waals surface area contributed by atoms with Gasteiger partial charge in [0.25, 0.3) is 0 Å². The molecule has 1 N–H and O–H groups in total. The molecule has 1 aromatic heterocycles. The molecule has 5 heteroatoms. The summed E-state index contributed by atoms with van der Waals surface area (Å²) in [6, 6.07) is 5.60. The van der Waals surface area contributed by atoms with Crippen LogP contribution in [0.5, 0.6) is 0 Å². The highest BCUT2D eigenvalue weighted by molar-refractivity contribution is 6.02. The van der Waals surface area contributed by atoms with Gasteiger partial charge in [-0.25, -0.2) is 0 Å². The smallest absolute Gasteiger partial charge is 0.235 e. The molecule has 1 aliphatic heterocycles. The number of carbonyl (C=O) groups is 2. The van der Waals surface area contributed by atoms with Crippen LogP contribution in [0.4, 0.5) is 0 Å². The van der Waals surface area contributed by atoms with Crippen molar-refractivity contribution in [3.63, 3.8) is 0 Å². The lowest BCUT2D eigenvalue weighted by Crippen LogP contribution is -2.39. The molecule has 1 aliphatic rings. The molecule has 0 radical (unpaired) electrons. The van der Waals surface area contributed by atoms with Crippen LogP contribution in [-0.4, -0.2) is 17.0 Å². The van der Waals surface area contributed by atoms with Crippen molar-refractivity contribution in [1.29, 1.82) is 0 Å². The second-order valence-corrected chi connectivity index (χ2v) is 4.50. The number of rotatable bonds is 2. The summed E-state index contributed by atoms with van der Waals surface area (Å²) in [6.07, 6.45) is 2.47. The molecule has 1 unspecified atom stereocenters. The van der Waals surface area contributed by atoms with Gasteiger partial charge in [0.1, 0.15) is 5.69 Å². The molecule has 5 nitrogen and oxygen atoms in total. The Kier molecular flexibility index (Phi) is 2.67. The Morgan fingerprint density at radius 3 is 3.00 bits per heavy atom. The van der Waals surface area contributed by atoms with Gasteiger partial charge in [-0.15, -0.1) is 0 Å². The van der Waals surface area contributed by atoms with Crippen LogP contribution < -0.4 is 5.32 Å². The Hall–Kier alpha value is -2.43. The first-order valence-electron chi connectivity index (χ1n) is 6.05. The van der Waals surface area contributed by atoms with Crippen molar-refractivity contribution in [3.8, 4) is 0 Å². The summed E-state index contributed by atoms with van der Waals surface area (Å²) < 4.78 is 5.31. The highest BCUT2D eigenvalue weighted by Gasteiger charge is 2.31. The summed E-state index contributed by atoms with van der Waals surface area (Å²) in [7, 11) is 0. The van der Waals surface area contributed by atoms with E-state index in [2.05, 4.69) is 17.1 Å². The van der Waals surface area contributed by atoms with Crippen molar-refractivity contribution in [2.24, 2.45) is 0 Å². The fourth-order valence-corrected chi connectivity index (χ4v) is 2.37. The van der Waals surface area contributed by atoms with Gasteiger partial charge in [-0.3, -0.25) is 14.9 Å². The maximum absolute atomic E-state index is 11.9. The Labute approximate surface area is 109 Å². The summed E-state index contributed by atoms with van der Waals surface area (Å²) in [4.78, 5) is 23.0. The molecule has 2 aromatic rings. The molecule has 2 heterocycles. The van der Waals surface area contributed by atoms with E-state index in [9.17, 15) is 9.59 Å². The minimum Gasteiger partial charge on any atom is -0.355 e. The summed E-state index contributed by atoms with van der Waals surface area (Å²) >= 11 is 0. The summed E-state index contributed by atoms with van der Waals surface area (Å²) in [5, 5.41) is 7.14. The summed E-state index contributed by atoms with van der Waals surface area (Å²) in [5.41, 5.74) is 2.05. The van der Waals surface area contributed by atoms with Crippen molar-refractivity contribution in [2.45, 2.75) is 18.8 Å². The number of nitrogens with one attached hydrogen (secondary N) is 1. The molecule has 2 amide bonds. The fourth-order valence-electron chi connectivity index (χ4n) is 2.37. The molecule has 3 rings (SSSR count). The van der Waals surface area contributed by atoms with Crippen LogP contribution in [0, 0.1) is 0 Å². The van der Waals surface area contributed by atoms with E-state index in [-0.39, 0.29) is 11.8 Å². The zero-order valence-electron chi connectivity index (χ0n) is 10.2. The van der Waals surface area contributed by atoms with Crippen LogP contribution in [0.25, 0.3) is 17.0 Å². The lowest BCUT2D eigenvalue weighted by Gasteiger charge is -2.18. The minimum atomic E-state index is -0.431. The van der Waals surface area contributed by atoms with Gasteiger partial charge in [0.05, 0.1) is 5.92 Å². The molecule has 1 saturated heterocycles. The van der Waals surface area contributed by atoms with Crippen LogP contribution in [0.1, 0.15) is 30.0 Å². The molecule has 0 bridgehead atoms. The van der Waals surface area contributed by atoms with E-state index < -0.39 is 5.92 Å². The first kappa shape index (κ1) is 11.6. The number of nitrogens with zero attached hydrogens (tertiary/aromatic N) is 1. The second kappa shape index (κ2) is 4.35. The van der Waals surface area contributed by atoms with Crippen molar-refractivity contribution >= 4 is 28.9 Å². The number of piperidine rings is 1. The third-order valence-corrected chi connectivity index (χ3v) is 3.35. The largest absolute Gasteiger partial charge is 0.355 e. The molecular weight excluding hydrogens is 244 g/mol. The van der Waals surface area contributed by atoms with Gasteiger partial charge in [0.15, 0.2) is 5.58 Å². The maximum atomic E-state index is 11.9. The zero-order chi connectivity index (χ0) is 13.4. The third-order valence-electron chi connectivity index (χ3n) is 3.35. The number of benzene rings is 1. The molecular formula is C14H12N2O3. The minimum absolute atomic E-state index is 0.235. The Balaban J connectivity index is 2.09. The van der Waals surface area contributed by atoms with E-state index in [0.29, 0.717) is 24.1 Å². The highest BCUT2D eigenvalue weighted by Crippen LogP contribution is 2.31. The van der Waals surface area contributed by atoms with E-state index >= 15 is 0 Å². The molecule has 0 spiro atoms. The second-order valence-electron chi connectivity index (χ2n) is 4.50. The van der Waals surface area contributed by atoms with Gasteiger partial charge in [-0.05, 0) is 12.5 Å². The first-order chi connectivity index (χ1) is 9.20. The molecule has 1 aromatic carbocycles. The number of para-hydroxylation sites is 1. The van der Waals surface area contributed by atoms with E-state index in [1.807, 2.05) is 18.2 Å². The van der Waals surface area contributed by atoms with Crippen molar-refractivity contribution in [2.75, 3.05) is 0 Å². The van der Waals surface area contributed by atoms with Crippen LogP contribution in [0.3, 0.4) is 0 Å². The van der Waals surface area contributed by atoms with Gasteiger partial charge in [0.2, 0.25) is 11.8 Å². The van der Waals surface area contributed by atoms with Crippen molar-refractivity contribution < 1.29 is 14.1 Å². The van der Waals surface area contributed by atoms with Crippen LogP contribution in [-0.2, 0) is 9.59 Å². The maximum Gasteiger partial charge on any atom is 0.235 e. The summed E-state index contributed by atoms with van der Waals surface area (Å²) in [6.45, 7) is 3.72. The Bertz CT molecular complexity index is 687. The SMILES string of the molecule is C=Cc1cccc2c(C3CCC(=O)NC3=O)noc12. The molecule has 1 atom stereocenters. The van der Waals surface area contributed by atoms with Gasteiger partial charge in [-0.2, -0.15) is 0 Å². The van der Waals surface area contributed by atoms with Crippen molar-refractivity contribution in [3.05, 3.63) is 36.0 Å². The highest BCUT2D eigenvalue weighted by atomic mass is 16.5. The zero-order valence-corrected chi connectivity index (χ0v) is 10.2. The van der Waals surface area contributed by atoms with Crippen LogP contribution in [0.15, 0.2) is 29.3 Å². The Morgan fingerprint density at radius 1 is 1.42 bits per heavy atom. The number of imide groups is 1. The van der Waals surface area contributed by atoms with Crippen LogP contribution >= 0.6 is 0 Å². The predicted molar refractivity (Wildman–Crippen MR) is 69.2 cm³/mol. The van der Waals surface area contributed by atoms with Gasteiger partial charge in [0, 0.05) is 17.4 Å². The quantitative estimate of drug-likeness (QED) is 0.834. The van der Waals surface area contributed by atoms with E-state index in [4.69, 9.17) is 4.52 Å². The van der Waals surface area contributed by atoms with Gasteiger partial charge < -0.3 is 4.52 Å². The fraction of sp³-hybridized carbons (Fsp3) is 0.214. The third kappa shape index (κ3) is 1.83. The molecule has 0 saturated carbocycles. The average Bonchev–Trinajstić information content (AvgIpc) is 2.82. The van der Waals surface area contributed by atoms with E-state index in [0.717, 1.165) is 10.9 Å². The molecule has 96 valence electrons. The molecule has 1 fully saturated rings. The Morgan fingerprint density at radius 2 is 2.26 bits per heavy atom. The van der Waals surface area contributed by atoms with E-state index in [1.165, 1.54) is 0 Å². The van der Waals surface area contributed by atoms with Crippen molar-refractivity contribution in [1.82, 2.24) is 10.5 Å². The molecule has 0 aliphatic carbocycles. The number of aromatic nitrogens is 1. The molecule has 19 heavy (non-hydrogen) atoms. The number of hydrogen-bond acceptors (Lipinski definition) is 4. The monoisotopic (exact) mass is 256 g/mol. The van der Waals surface area contributed by atoms with Crippen LogP contribution in [0.2, 0.25) is 0 Å². The number of hydrogen-bond donors (Lipinski definition) is 1. The number of fused-ring (bicyclic) bond motifs is 1. The van der Waals surface area contributed by atoms with Gasteiger partial charge in [-0.1, -0.05) is 29.9 Å². The average molecular weight is 256 g/mol. The standard InChI is InChI=1S/C14H12N2O3/c1-2-8-4-3-5-9-12(16-19-13(8)9)10-6-7-11(17)15-14(10)18/h2-5,10H,1,6-7H2,(H,15,17,18). The predicted octanol–water partition coefficient (Wildman–Crippen LogP) is 1.99. The number of carbonyl (C=O) groups excluding carboxylic acids is 2. The lowest BCUT2D eigenvalue weighted by molar-refractivity contribution is -0.134. The normalized spacial score (nSPS) is 19.5. The van der Waals surface area contributed by atoms with E-state index in [1.54, 1.807) is 6.08 Å². The lowest BCUT2D eigenvalue weighted by atomic mass is 9.92. The van der Waals surface area contributed by atoms with Gasteiger partial charge >= 0.3 is 0 Å².